The van der Waals surface area contributed by atoms with E-state index in [2.05, 4.69) is 15.6 Å². The minimum Gasteiger partial charge on any atom is -0.383 e. The lowest BCUT2D eigenvalue weighted by molar-refractivity contribution is -0.122. The van der Waals surface area contributed by atoms with Crippen LogP contribution in [0.2, 0.25) is 0 Å². The first-order chi connectivity index (χ1) is 10.2. The molecule has 2 aromatic rings. The van der Waals surface area contributed by atoms with Crippen LogP contribution in [0.3, 0.4) is 0 Å². The van der Waals surface area contributed by atoms with Gasteiger partial charge in [-0.15, -0.1) is 0 Å². The highest BCUT2D eigenvalue weighted by molar-refractivity contribution is 5.82. The van der Waals surface area contributed by atoms with Gasteiger partial charge in [0.15, 0.2) is 0 Å². The fraction of sp³-hybridized carbons (Fsp3) is 0.375. The van der Waals surface area contributed by atoms with Crippen LogP contribution < -0.4 is 10.6 Å². The normalized spacial score (nSPS) is 12.3. The molecule has 0 aliphatic rings. The molecule has 2 N–H and O–H groups in total. The van der Waals surface area contributed by atoms with Crippen LogP contribution in [0, 0.1) is 0 Å². The Labute approximate surface area is 124 Å². The number of benzene rings is 1. The second-order valence-electron chi connectivity index (χ2n) is 4.87. The number of nitrogens with one attached hydrogen (secondary N) is 2. The Morgan fingerprint density at radius 2 is 2.14 bits per heavy atom. The van der Waals surface area contributed by atoms with E-state index in [9.17, 15) is 4.79 Å². The van der Waals surface area contributed by atoms with Crippen LogP contribution in [-0.2, 0) is 16.1 Å². The fourth-order valence-electron chi connectivity index (χ4n) is 2.09. The van der Waals surface area contributed by atoms with Crippen molar-refractivity contribution in [2.24, 2.45) is 0 Å². The SMILES string of the molecule is COCCNC(=O)C(C)NCc1ccnc2ccccc12. The minimum atomic E-state index is -0.256. The second-order valence-corrected chi connectivity index (χ2v) is 4.87. The predicted molar refractivity (Wildman–Crippen MR) is 82.9 cm³/mol. The maximum atomic E-state index is 11.9. The number of amides is 1. The fourth-order valence-corrected chi connectivity index (χ4v) is 2.09. The molecule has 1 aromatic heterocycles. The number of hydrogen-bond donors (Lipinski definition) is 2. The first-order valence-electron chi connectivity index (χ1n) is 7.05. The topological polar surface area (TPSA) is 63.2 Å². The number of nitrogens with zero attached hydrogens (tertiary/aromatic N) is 1. The van der Waals surface area contributed by atoms with Crippen LogP contribution in [0.15, 0.2) is 36.5 Å². The Hall–Kier alpha value is -1.98. The maximum absolute atomic E-state index is 11.9. The van der Waals surface area contributed by atoms with Gasteiger partial charge in [0.1, 0.15) is 0 Å². The molecule has 0 bridgehead atoms. The third kappa shape index (κ3) is 4.24. The number of para-hydroxylation sites is 1. The average molecular weight is 287 g/mol. The van der Waals surface area contributed by atoms with E-state index in [0.717, 1.165) is 16.5 Å². The smallest absolute Gasteiger partial charge is 0.236 e. The molecule has 2 rings (SSSR count). The zero-order valence-electron chi connectivity index (χ0n) is 12.4. The summed E-state index contributed by atoms with van der Waals surface area (Å²) in [6, 6.07) is 9.72. The first-order valence-corrected chi connectivity index (χ1v) is 7.05. The van der Waals surface area contributed by atoms with Gasteiger partial charge in [0.2, 0.25) is 5.91 Å². The summed E-state index contributed by atoms with van der Waals surface area (Å²) in [7, 11) is 1.61. The van der Waals surface area contributed by atoms with E-state index in [1.807, 2.05) is 37.3 Å². The molecule has 21 heavy (non-hydrogen) atoms. The molecule has 0 saturated carbocycles. The Morgan fingerprint density at radius 1 is 1.33 bits per heavy atom. The summed E-state index contributed by atoms with van der Waals surface area (Å²) < 4.78 is 4.91. The lowest BCUT2D eigenvalue weighted by atomic mass is 10.1. The lowest BCUT2D eigenvalue weighted by Gasteiger charge is -2.14. The average Bonchev–Trinajstić information content (AvgIpc) is 2.52. The molecule has 1 unspecified atom stereocenters. The third-order valence-corrected chi connectivity index (χ3v) is 3.34. The van der Waals surface area contributed by atoms with Crippen molar-refractivity contribution in [1.82, 2.24) is 15.6 Å². The van der Waals surface area contributed by atoms with Crippen LogP contribution in [0.1, 0.15) is 12.5 Å². The summed E-state index contributed by atoms with van der Waals surface area (Å²) in [6.45, 7) is 3.53. The zero-order chi connectivity index (χ0) is 15.1. The molecule has 0 radical (unpaired) electrons. The summed E-state index contributed by atoms with van der Waals surface area (Å²) in [5.74, 6) is -0.0228. The Kier molecular flexibility index (Phi) is 5.66. The van der Waals surface area contributed by atoms with Crippen molar-refractivity contribution in [3.05, 3.63) is 42.1 Å². The number of carbonyl (C=O) groups excluding carboxylic acids is 1. The number of pyridine rings is 1. The summed E-state index contributed by atoms with van der Waals surface area (Å²) in [6.07, 6.45) is 1.79. The molecule has 0 fully saturated rings. The van der Waals surface area contributed by atoms with Crippen molar-refractivity contribution < 1.29 is 9.53 Å². The summed E-state index contributed by atoms with van der Waals surface area (Å²) in [5.41, 5.74) is 2.10. The molecular weight excluding hydrogens is 266 g/mol. The number of rotatable bonds is 7. The van der Waals surface area contributed by atoms with Gasteiger partial charge in [0.05, 0.1) is 18.2 Å². The van der Waals surface area contributed by atoms with E-state index in [1.54, 1.807) is 13.3 Å². The maximum Gasteiger partial charge on any atom is 0.236 e. The molecule has 5 nitrogen and oxygen atoms in total. The van der Waals surface area contributed by atoms with Crippen molar-refractivity contribution in [2.45, 2.75) is 19.5 Å². The van der Waals surface area contributed by atoms with E-state index in [1.165, 1.54) is 0 Å². The molecule has 0 aliphatic carbocycles. The van der Waals surface area contributed by atoms with E-state index in [4.69, 9.17) is 4.74 Å². The van der Waals surface area contributed by atoms with Crippen LogP contribution in [0.4, 0.5) is 0 Å². The molecule has 1 amide bonds. The van der Waals surface area contributed by atoms with Gasteiger partial charge in [0.25, 0.3) is 0 Å². The Morgan fingerprint density at radius 3 is 2.95 bits per heavy atom. The summed E-state index contributed by atoms with van der Waals surface area (Å²) >= 11 is 0. The molecule has 1 heterocycles. The number of fused-ring (bicyclic) bond motifs is 1. The highest BCUT2D eigenvalue weighted by Gasteiger charge is 2.12. The predicted octanol–water partition coefficient (Wildman–Crippen LogP) is 1.48. The van der Waals surface area contributed by atoms with Gasteiger partial charge in [-0.2, -0.15) is 0 Å². The van der Waals surface area contributed by atoms with Crippen LogP contribution >= 0.6 is 0 Å². The molecule has 112 valence electrons. The number of hydrogen-bond acceptors (Lipinski definition) is 4. The van der Waals surface area contributed by atoms with Crippen molar-refractivity contribution in [3.63, 3.8) is 0 Å². The monoisotopic (exact) mass is 287 g/mol. The van der Waals surface area contributed by atoms with Crippen LogP contribution in [0.5, 0.6) is 0 Å². The Balaban J connectivity index is 1.94. The standard InChI is InChI=1S/C16H21N3O2/c1-12(16(20)18-9-10-21-2)19-11-13-7-8-17-15-6-4-3-5-14(13)15/h3-8,12,19H,9-11H2,1-2H3,(H,18,20). The minimum absolute atomic E-state index is 0.0228. The van der Waals surface area contributed by atoms with E-state index >= 15 is 0 Å². The third-order valence-electron chi connectivity index (χ3n) is 3.34. The van der Waals surface area contributed by atoms with Crippen molar-refractivity contribution in [1.29, 1.82) is 0 Å². The number of aromatic nitrogens is 1. The molecule has 5 heteroatoms. The molecule has 0 spiro atoms. The lowest BCUT2D eigenvalue weighted by Crippen LogP contribution is -2.42. The number of methoxy groups -OCH3 is 1. The van der Waals surface area contributed by atoms with E-state index in [0.29, 0.717) is 19.7 Å². The van der Waals surface area contributed by atoms with Gasteiger partial charge in [-0.25, -0.2) is 0 Å². The molecular formula is C16H21N3O2. The summed E-state index contributed by atoms with van der Waals surface area (Å²) in [4.78, 5) is 16.2. The quantitative estimate of drug-likeness (QED) is 0.757. The largest absolute Gasteiger partial charge is 0.383 e. The van der Waals surface area contributed by atoms with Crippen molar-refractivity contribution in [3.8, 4) is 0 Å². The van der Waals surface area contributed by atoms with E-state index < -0.39 is 0 Å². The van der Waals surface area contributed by atoms with Gasteiger partial charge in [-0.3, -0.25) is 9.78 Å². The molecule has 1 aromatic carbocycles. The van der Waals surface area contributed by atoms with Gasteiger partial charge < -0.3 is 15.4 Å². The first kappa shape index (κ1) is 15.4. The summed E-state index contributed by atoms with van der Waals surface area (Å²) in [5, 5.41) is 7.17. The van der Waals surface area contributed by atoms with Crippen molar-refractivity contribution in [2.75, 3.05) is 20.3 Å². The van der Waals surface area contributed by atoms with Gasteiger partial charge in [0, 0.05) is 31.8 Å². The highest BCUT2D eigenvalue weighted by atomic mass is 16.5. The number of carbonyl (C=O) groups is 1. The second kappa shape index (κ2) is 7.71. The molecule has 1 atom stereocenters. The molecule has 0 saturated heterocycles. The van der Waals surface area contributed by atoms with Crippen molar-refractivity contribution >= 4 is 16.8 Å². The van der Waals surface area contributed by atoms with Gasteiger partial charge in [-0.1, -0.05) is 18.2 Å². The van der Waals surface area contributed by atoms with Crippen LogP contribution in [-0.4, -0.2) is 37.2 Å². The highest BCUT2D eigenvalue weighted by Crippen LogP contribution is 2.15. The van der Waals surface area contributed by atoms with Crippen LogP contribution in [0.25, 0.3) is 10.9 Å². The van der Waals surface area contributed by atoms with Gasteiger partial charge >= 0.3 is 0 Å². The van der Waals surface area contributed by atoms with E-state index in [-0.39, 0.29) is 11.9 Å². The Bertz CT molecular complexity index is 596. The zero-order valence-corrected chi connectivity index (χ0v) is 12.4. The van der Waals surface area contributed by atoms with Gasteiger partial charge in [-0.05, 0) is 24.6 Å². The molecule has 0 aliphatic heterocycles. The number of ether oxygens (including phenoxy) is 1.